The Balaban J connectivity index is 0.000000183. The smallest absolute Gasteiger partial charge is 0.291 e. The number of nitrogens with one attached hydrogen (secondary N) is 2. The van der Waals surface area contributed by atoms with Crippen LogP contribution in [0, 0.1) is 13.5 Å². The fourth-order valence-electron chi connectivity index (χ4n) is 9.03. The first-order chi connectivity index (χ1) is 43.0. The summed E-state index contributed by atoms with van der Waals surface area (Å²) in [5.74, 6) is 1.04. The predicted molar refractivity (Wildman–Crippen MR) is 358 cm³/mol. The number of H-pyrrole nitrogens is 2. The number of aromatic hydroxyl groups is 2. The molecule has 0 radical (unpaired) electrons. The molecule has 0 saturated carbocycles. The maximum atomic E-state index is 12.0. The normalized spacial score (nSPS) is 10.7. The number of carbonyl (C=O) groups excluding carboxylic acids is 3. The van der Waals surface area contributed by atoms with Crippen LogP contribution in [0.3, 0.4) is 0 Å². The number of rotatable bonds is 11. The Morgan fingerprint density at radius 3 is 1.53 bits per heavy atom. The Morgan fingerprint density at radius 2 is 1.03 bits per heavy atom. The van der Waals surface area contributed by atoms with Gasteiger partial charge in [-0.25, -0.2) is 29.9 Å². The van der Waals surface area contributed by atoms with E-state index in [1.165, 1.54) is 26.2 Å². The van der Waals surface area contributed by atoms with Gasteiger partial charge in [0.15, 0.2) is 21.4 Å². The summed E-state index contributed by atoms with van der Waals surface area (Å²) in [5.41, 5.74) is 12.5. The van der Waals surface area contributed by atoms with Crippen molar-refractivity contribution in [3.8, 4) is 34.3 Å². The minimum atomic E-state index is -3.26. The van der Waals surface area contributed by atoms with Crippen LogP contribution in [0.15, 0.2) is 236 Å². The number of carbonyl (C=O) groups is 3. The average molecular weight is 1200 g/mol. The third kappa shape index (κ3) is 18.7. The number of hydrogen-bond acceptors (Lipinski definition) is 11. The van der Waals surface area contributed by atoms with Gasteiger partial charge in [0.25, 0.3) is 6.04 Å². The number of sulfone groups is 1. The fourth-order valence-corrected chi connectivity index (χ4v) is 9.67. The Bertz CT molecular complexity index is 4340. The van der Waals surface area contributed by atoms with E-state index >= 15 is 0 Å². The standard InChI is InChI=1S/C21H16N4O2S.C17H15NO.C14H12O2.C10H10N2.C8H8O2.2C2H6/c1-28(26,27)15-10-11-18-19(12-15)25-21(24-18)14-8-6-13(7-9-14)20-22-16-4-2-3-5-17(16)23-20;1-13(19)17(18-2)16(14-9-5-3-6-10-14)15-11-7-4-8-12-15;1-10-7-8-12(13(15)9-10)14(16)11-5-3-2-4-6-11;1-2-8-7-11-9-5-3-4-6-10(9)12-8;1-6(9)7-4-2-3-5-8(7)10;2*1-2/h2-12H,1H3,(H,22,23)(H,24,25);3-12,16-17H,1H3;2-9,15H,1H3;3-7H,2H2,1H3;2-5,10H,1H3;2*1-2H3. The van der Waals surface area contributed by atoms with Gasteiger partial charge >= 0.3 is 0 Å². The van der Waals surface area contributed by atoms with E-state index in [4.69, 9.17) is 11.7 Å². The molecule has 0 saturated heterocycles. The zero-order valence-corrected chi connectivity index (χ0v) is 52.2. The van der Waals surface area contributed by atoms with E-state index in [0.717, 1.165) is 73.3 Å². The van der Waals surface area contributed by atoms with Gasteiger partial charge in [-0.05, 0) is 104 Å². The Kier molecular flexibility index (Phi) is 25.2. The third-order valence-electron chi connectivity index (χ3n) is 13.5. The third-order valence-corrected chi connectivity index (χ3v) is 14.6. The summed E-state index contributed by atoms with van der Waals surface area (Å²) in [4.78, 5) is 62.7. The number of aromatic amines is 2. The number of benzene rings is 9. The van der Waals surface area contributed by atoms with Crippen molar-refractivity contribution >= 4 is 60.3 Å². The van der Waals surface area contributed by atoms with Gasteiger partial charge in [-0.3, -0.25) is 19.4 Å². The lowest BCUT2D eigenvalue weighted by Gasteiger charge is -2.18. The summed E-state index contributed by atoms with van der Waals surface area (Å²) in [6.07, 6.45) is 3.97. The van der Waals surface area contributed by atoms with Crippen molar-refractivity contribution in [2.24, 2.45) is 0 Å². The molecule has 0 aliphatic rings. The lowest BCUT2D eigenvalue weighted by molar-refractivity contribution is -0.117. The minimum absolute atomic E-state index is 0.0360. The first-order valence-electron chi connectivity index (χ1n) is 29.1. The highest BCUT2D eigenvalue weighted by Crippen LogP contribution is 2.31. The summed E-state index contributed by atoms with van der Waals surface area (Å²) in [6.45, 7) is 22.2. The maximum absolute atomic E-state index is 12.0. The van der Waals surface area contributed by atoms with Crippen molar-refractivity contribution in [3.05, 3.63) is 281 Å². The number of imidazole rings is 2. The molecule has 0 spiro atoms. The van der Waals surface area contributed by atoms with Crippen molar-refractivity contribution < 1.29 is 33.0 Å². The molecular weight excluding hydrogens is 1130 g/mol. The summed E-state index contributed by atoms with van der Waals surface area (Å²) < 4.78 is 23.5. The van der Waals surface area contributed by atoms with Gasteiger partial charge in [0.1, 0.15) is 23.1 Å². The predicted octanol–water partition coefficient (Wildman–Crippen LogP) is 16.6. The monoisotopic (exact) mass is 1200 g/mol. The van der Waals surface area contributed by atoms with Gasteiger partial charge < -0.3 is 25.0 Å². The van der Waals surface area contributed by atoms with E-state index in [1.54, 1.807) is 72.8 Å². The molecule has 0 amide bonds. The second-order valence-electron chi connectivity index (χ2n) is 19.7. The largest absolute Gasteiger partial charge is 0.507 e. The van der Waals surface area contributed by atoms with Crippen molar-refractivity contribution in [2.75, 3.05) is 6.26 Å². The van der Waals surface area contributed by atoms with Gasteiger partial charge in [-0.2, -0.15) is 0 Å². The van der Waals surface area contributed by atoms with E-state index in [9.17, 15) is 27.9 Å². The second kappa shape index (κ2) is 33.3. The van der Waals surface area contributed by atoms with Crippen LogP contribution in [0.25, 0.3) is 60.7 Å². The van der Waals surface area contributed by atoms with Crippen molar-refractivity contribution in [3.63, 3.8) is 0 Å². The van der Waals surface area contributed by atoms with E-state index < -0.39 is 15.9 Å². The van der Waals surface area contributed by atoms with Crippen LogP contribution in [0.2, 0.25) is 0 Å². The Labute approximate surface area is 520 Å². The van der Waals surface area contributed by atoms with Gasteiger partial charge in [-0.1, -0.05) is 192 Å². The zero-order chi connectivity index (χ0) is 64.5. The van der Waals surface area contributed by atoms with Crippen LogP contribution in [0.5, 0.6) is 11.5 Å². The molecule has 3 aromatic heterocycles. The molecule has 4 N–H and O–H groups in total. The van der Waals surface area contributed by atoms with Crippen LogP contribution in [-0.2, 0) is 21.1 Å². The van der Waals surface area contributed by atoms with Crippen LogP contribution < -0.4 is 0 Å². The van der Waals surface area contributed by atoms with Gasteiger partial charge in [0, 0.05) is 36.1 Å². The van der Waals surface area contributed by atoms with E-state index in [0.29, 0.717) is 28.0 Å². The average Bonchev–Trinajstić information content (AvgIpc) is 4.10. The van der Waals surface area contributed by atoms with E-state index in [-0.39, 0.29) is 39.7 Å². The maximum Gasteiger partial charge on any atom is 0.291 e. The second-order valence-corrected chi connectivity index (χ2v) is 21.7. The Hall–Kier alpha value is -10.7. The molecule has 1 atom stereocenters. The lowest BCUT2D eigenvalue weighted by Crippen LogP contribution is -2.23. The number of nitrogens with zero attached hydrogens (tertiary/aromatic N) is 5. The first-order valence-corrected chi connectivity index (χ1v) is 31.0. The van der Waals surface area contributed by atoms with Gasteiger partial charge in [0.2, 0.25) is 5.78 Å². The van der Waals surface area contributed by atoms with Crippen molar-refractivity contribution in [1.29, 1.82) is 0 Å². The number of Topliss-reactive ketones (excluding diaryl/α,β-unsaturated/α-hetero) is 2. The van der Waals surface area contributed by atoms with Crippen LogP contribution in [-0.4, -0.2) is 78.2 Å². The van der Waals surface area contributed by atoms with Gasteiger partial charge in [0.05, 0.1) is 60.7 Å². The molecule has 12 rings (SSSR count). The molecule has 0 bridgehead atoms. The van der Waals surface area contributed by atoms with E-state index in [1.807, 2.05) is 186 Å². The first kappa shape index (κ1) is 67.4. The molecule has 1 unspecified atom stereocenters. The van der Waals surface area contributed by atoms with Crippen LogP contribution >= 0.6 is 0 Å². The molecule has 0 fully saturated rings. The molecular formula is C74H73N7O7S. The van der Waals surface area contributed by atoms with Crippen LogP contribution in [0.4, 0.5) is 0 Å². The highest BCUT2D eigenvalue weighted by Gasteiger charge is 2.33. The SMILES string of the molecule is CC.CC.CC(=O)c1ccccc1O.CCc1cnc2ccccc2n1.CS(=O)(=O)c1ccc2nc(-c3ccc(-c4nc5ccccc5[nH]4)cc3)[nH]c2c1.Cc1ccc(C(=O)c2ccccc2)c(O)c1.[C-]#[N+]C(C(C)=O)C(c1ccccc1)c1ccccc1. The quantitative estimate of drug-likeness (QED) is 0.0706. The van der Waals surface area contributed by atoms with Gasteiger partial charge in [-0.15, -0.1) is 0 Å². The number of ketones is 3. The van der Waals surface area contributed by atoms with Crippen LogP contribution in [0.1, 0.15) is 103 Å². The fraction of sp³-hybridized carbons (Fsp3) is 0.162. The molecule has 15 heteroatoms. The number of aromatic nitrogens is 6. The summed E-state index contributed by atoms with van der Waals surface area (Å²) >= 11 is 0. The molecule has 452 valence electrons. The number of fused-ring (bicyclic) bond motifs is 3. The van der Waals surface area contributed by atoms with Crippen molar-refractivity contribution in [1.82, 2.24) is 29.9 Å². The summed E-state index contributed by atoms with van der Waals surface area (Å²) in [6, 6.07) is 68.0. The number of phenols is 2. The topological polar surface area (TPSA) is 213 Å². The Morgan fingerprint density at radius 1 is 0.539 bits per heavy atom. The molecule has 9 aromatic carbocycles. The highest BCUT2D eigenvalue weighted by atomic mass is 32.2. The molecule has 14 nitrogen and oxygen atoms in total. The van der Waals surface area contributed by atoms with E-state index in [2.05, 4.69) is 41.7 Å². The molecule has 89 heavy (non-hydrogen) atoms. The molecule has 0 aliphatic heterocycles. The molecule has 3 heterocycles. The highest BCUT2D eigenvalue weighted by molar-refractivity contribution is 7.90. The number of para-hydroxylation sites is 5. The van der Waals surface area contributed by atoms with Crippen molar-refractivity contribution in [2.45, 2.75) is 78.7 Å². The minimum Gasteiger partial charge on any atom is -0.507 e. The molecule has 0 aliphatic carbocycles. The summed E-state index contributed by atoms with van der Waals surface area (Å²) in [5, 5.41) is 18.8. The number of phenolic OH excluding ortho intramolecular Hbond substituents is 2. The number of hydrogen-bond donors (Lipinski definition) is 4. The molecule has 12 aromatic rings. The number of aryl methyl sites for hydroxylation is 2. The lowest BCUT2D eigenvalue weighted by atomic mass is 9.84. The summed E-state index contributed by atoms with van der Waals surface area (Å²) in [7, 11) is -3.26. The zero-order valence-electron chi connectivity index (χ0n) is 51.4.